The average Bonchev–Trinajstić information content (AvgIpc) is 2.63. The van der Waals surface area contributed by atoms with Gasteiger partial charge in [0.2, 0.25) is 0 Å². The van der Waals surface area contributed by atoms with Crippen LogP contribution in [0.25, 0.3) is 0 Å². The first-order chi connectivity index (χ1) is 6.43. The highest BCUT2D eigenvalue weighted by molar-refractivity contribution is 7.09. The first kappa shape index (κ1) is 10.7. The number of ether oxygens (including phenoxy) is 1. The molecule has 0 radical (unpaired) electrons. The molecule has 0 spiro atoms. The van der Waals surface area contributed by atoms with Gasteiger partial charge < -0.3 is 4.74 Å². The topological polar surface area (TPSA) is 22.1 Å². The van der Waals surface area contributed by atoms with Crippen LogP contribution in [-0.4, -0.2) is 18.2 Å². The maximum atomic E-state index is 5.39. The lowest BCUT2D eigenvalue weighted by atomic mass is 10.2. The predicted molar refractivity (Wildman–Crippen MR) is 56.2 cm³/mol. The summed E-state index contributed by atoms with van der Waals surface area (Å²) in [5, 5.41) is 3.28. The molecule has 0 aliphatic rings. The molecule has 0 amide bonds. The van der Waals surface area contributed by atoms with Crippen molar-refractivity contribution in [3.63, 3.8) is 0 Å². The SMILES string of the molecule is CCCOCCCCc1nccs1. The monoisotopic (exact) mass is 199 g/mol. The number of unbranched alkanes of at least 4 members (excludes halogenated alkanes) is 1. The third kappa shape index (κ3) is 5.01. The Bertz CT molecular complexity index is 199. The fourth-order valence-electron chi connectivity index (χ4n) is 1.10. The van der Waals surface area contributed by atoms with Crippen LogP contribution < -0.4 is 0 Å². The molecule has 0 saturated carbocycles. The second-order valence-corrected chi connectivity index (χ2v) is 3.97. The van der Waals surface area contributed by atoms with Gasteiger partial charge in [-0.25, -0.2) is 4.98 Å². The second-order valence-electron chi connectivity index (χ2n) is 3.00. The smallest absolute Gasteiger partial charge is 0.0924 e. The molecule has 0 bridgehead atoms. The van der Waals surface area contributed by atoms with Gasteiger partial charge in [-0.1, -0.05) is 6.92 Å². The Kier molecular flexibility index (Phi) is 5.78. The summed E-state index contributed by atoms with van der Waals surface area (Å²) in [6, 6.07) is 0. The third-order valence-corrected chi connectivity index (χ3v) is 2.60. The van der Waals surface area contributed by atoms with Gasteiger partial charge in [-0.05, 0) is 25.7 Å². The lowest BCUT2D eigenvalue weighted by Crippen LogP contribution is -1.96. The van der Waals surface area contributed by atoms with Gasteiger partial charge in [-0.15, -0.1) is 11.3 Å². The number of nitrogens with zero attached hydrogens (tertiary/aromatic N) is 1. The van der Waals surface area contributed by atoms with Crippen LogP contribution in [-0.2, 0) is 11.2 Å². The van der Waals surface area contributed by atoms with Crippen molar-refractivity contribution in [2.75, 3.05) is 13.2 Å². The van der Waals surface area contributed by atoms with E-state index in [1.165, 1.54) is 11.4 Å². The first-order valence-corrected chi connectivity index (χ1v) is 5.77. The van der Waals surface area contributed by atoms with Crippen molar-refractivity contribution in [3.05, 3.63) is 16.6 Å². The molecule has 0 unspecified atom stereocenters. The molecule has 13 heavy (non-hydrogen) atoms. The van der Waals surface area contributed by atoms with E-state index in [2.05, 4.69) is 11.9 Å². The zero-order valence-corrected chi connectivity index (χ0v) is 8.98. The number of hydrogen-bond acceptors (Lipinski definition) is 3. The highest BCUT2D eigenvalue weighted by Gasteiger charge is 1.94. The van der Waals surface area contributed by atoms with Gasteiger partial charge in [-0.3, -0.25) is 0 Å². The average molecular weight is 199 g/mol. The van der Waals surface area contributed by atoms with E-state index in [1.807, 2.05) is 11.6 Å². The van der Waals surface area contributed by atoms with E-state index < -0.39 is 0 Å². The van der Waals surface area contributed by atoms with Crippen molar-refractivity contribution in [2.45, 2.75) is 32.6 Å². The van der Waals surface area contributed by atoms with Gasteiger partial charge in [0.1, 0.15) is 0 Å². The maximum absolute atomic E-state index is 5.39. The zero-order valence-electron chi connectivity index (χ0n) is 8.16. The Morgan fingerprint density at radius 3 is 3.00 bits per heavy atom. The molecule has 3 heteroatoms. The lowest BCUT2D eigenvalue weighted by Gasteiger charge is -2.00. The highest BCUT2D eigenvalue weighted by atomic mass is 32.1. The molecule has 0 atom stereocenters. The van der Waals surface area contributed by atoms with E-state index in [0.717, 1.165) is 32.5 Å². The molecule has 2 nitrogen and oxygen atoms in total. The quantitative estimate of drug-likeness (QED) is 0.630. The summed E-state index contributed by atoms with van der Waals surface area (Å²) in [5.74, 6) is 0. The molecule has 0 N–H and O–H groups in total. The molecule has 1 aromatic rings. The Morgan fingerprint density at radius 1 is 1.38 bits per heavy atom. The van der Waals surface area contributed by atoms with Crippen LogP contribution in [0.1, 0.15) is 31.2 Å². The van der Waals surface area contributed by atoms with Crippen LogP contribution in [0.4, 0.5) is 0 Å². The summed E-state index contributed by atoms with van der Waals surface area (Å²) in [7, 11) is 0. The van der Waals surface area contributed by atoms with E-state index >= 15 is 0 Å². The van der Waals surface area contributed by atoms with Gasteiger partial charge in [0, 0.05) is 24.8 Å². The first-order valence-electron chi connectivity index (χ1n) is 4.89. The molecular formula is C10H17NOS. The number of aromatic nitrogens is 1. The zero-order chi connectivity index (χ0) is 9.36. The Hall–Kier alpha value is -0.410. The fraction of sp³-hybridized carbons (Fsp3) is 0.700. The van der Waals surface area contributed by atoms with Crippen LogP contribution in [0.15, 0.2) is 11.6 Å². The van der Waals surface area contributed by atoms with Crippen molar-refractivity contribution in [1.82, 2.24) is 4.98 Å². The minimum Gasteiger partial charge on any atom is -0.381 e. The second kappa shape index (κ2) is 7.04. The van der Waals surface area contributed by atoms with Crippen LogP contribution in [0, 0.1) is 0 Å². The summed E-state index contributed by atoms with van der Waals surface area (Å²) < 4.78 is 5.39. The molecule has 0 aromatic carbocycles. The van der Waals surface area contributed by atoms with Gasteiger partial charge in [0.15, 0.2) is 0 Å². The van der Waals surface area contributed by atoms with Crippen molar-refractivity contribution >= 4 is 11.3 Å². The largest absolute Gasteiger partial charge is 0.381 e. The number of hydrogen-bond donors (Lipinski definition) is 0. The maximum Gasteiger partial charge on any atom is 0.0924 e. The standard InChI is InChI=1S/C10H17NOS/c1-2-7-12-8-4-3-5-10-11-6-9-13-10/h6,9H,2-5,7-8H2,1H3. The highest BCUT2D eigenvalue weighted by Crippen LogP contribution is 2.07. The van der Waals surface area contributed by atoms with Crippen LogP contribution in [0.3, 0.4) is 0 Å². The third-order valence-electron chi connectivity index (χ3n) is 1.76. The van der Waals surface area contributed by atoms with Crippen molar-refractivity contribution in [1.29, 1.82) is 0 Å². The van der Waals surface area contributed by atoms with E-state index in [9.17, 15) is 0 Å². The Morgan fingerprint density at radius 2 is 2.31 bits per heavy atom. The van der Waals surface area contributed by atoms with E-state index in [0.29, 0.717) is 0 Å². The molecule has 0 fully saturated rings. The van der Waals surface area contributed by atoms with Gasteiger partial charge in [0.05, 0.1) is 5.01 Å². The molecule has 1 heterocycles. The minimum absolute atomic E-state index is 0.900. The van der Waals surface area contributed by atoms with Gasteiger partial charge in [-0.2, -0.15) is 0 Å². The van der Waals surface area contributed by atoms with Crippen LogP contribution in [0.5, 0.6) is 0 Å². The number of rotatable bonds is 7. The molecular weight excluding hydrogens is 182 g/mol. The Balaban J connectivity index is 1.90. The van der Waals surface area contributed by atoms with Gasteiger partial charge >= 0.3 is 0 Å². The number of aryl methyl sites for hydroxylation is 1. The van der Waals surface area contributed by atoms with Crippen molar-refractivity contribution in [3.8, 4) is 0 Å². The normalized spacial score (nSPS) is 10.5. The summed E-state index contributed by atoms with van der Waals surface area (Å²) in [6.07, 6.45) is 6.43. The number of thiazole rings is 1. The molecule has 1 rings (SSSR count). The van der Waals surface area contributed by atoms with Crippen molar-refractivity contribution in [2.24, 2.45) is 0 Å². The summed E-state index contributed by atoms with van der Waals surface area (Å²) in [5.41, 5.74) is 0. The lowest BCUT2D eigenvalue weighted by molar-refractivity contribution is 0.131. The predicted octanol–water partition coefficient (Wildman–Crippen LogP) is 2.89. The summed E-state index contributed by atoms with van der Waals surface area (Å²) in [4.78, 5) is 4.23. The summed E-state index contributed by atoms with van der Waals surface area (Å²) >= 11 is 1.74. The Labute approximate surface area is 84.0 Å². The van der Waals surface area contributed by atoms with E-state index in [-0.39, 0.29) is 0 Å². The molecule has 0 aliphatic heterocycles. The van der Waals surface area contributed by atoms with E-state index in [1.54, 1.807) is 11.3 Å². The molecule has 74 valence electrons. The van der Waals surface area contributed by atoms with Crippen LogP contribution >= 0.6 is 11.3 Å². The molecule has 0 saturated heterocycles. The van der Waals surface area contributed by atoms with Gasteiger partial charge in [0.25, 0.3) is 0 Å². The molecule has 0 aliphatic carbocycles. The fourth-order valence-corrected chi connectivity index (χ4v) is 1.77. The summed E-state index contributed by atoms with van der Waals surface area (Å²) in [6.45, 7) is 3.94. The van der Waals surface area contributed by atoms with Crippen molar-refractivity contribution < 1.29 is 4.74 Å². The van der Waals surface area contributed by atoms with E-state index in [4.69, 9.17) is 4.74 Å². The minimum atomic E-state index is 0.900. The molecule has 1 aromatic heterocycles. The van der Waals surface area contributed by atoms with Crippen LogP contribution in [0.2, 0.25) is 0 Å².